The molecule has 4 aromatic rings. The van der Waals surface area contributed by atoms with Gasteiger partial charge in [0.2, 0.25) is 0 Å². The lowest BCUT2D eigenvalue weighted by Gasteiger charge is -2.30. The van der Waals surface area contributed by atoms with Crippen molar-refractivity contribution in [1.29, 1.82) is 0 Å². The molecule has 0 saturated carbocycles. The van der Waals surface area contributed by atoms with Crippen LogP contribution in [0.25, 0.3) is 12.2 Å². The summed E-state index contributed by atoms with van der Waals surface area (Å²) in [6.07, 6.45) is 3.82. The number of benzene rings is 4. The molecule has 0 aromatic heterocycles. The molecule has 0 radical (unpaired) electrons. The molecule has 0 saturated heterocycles. The average Bonchev–Trinajstić information content (AvgIpc) is 2.91. The maximum absolute atomic E-state index is 13.9. The van der Waals surface area contributed by atoms with Gasteiger partial charge in [-0.2, -0.15) is 0 Å². The van der Waals surface area contributed by atoms with E-state index in [1.807, 2.05) is 147 Å². The summed E-state index contributed by atoms with van der Waals surface area (Å²) < 4.78 is 0. The van der Waals surface area contributed by atoms with Gasteiger partial charge >= 0.3 is 0 Å². The molecule has 0 amide bonds. The second-order valence-corrected chi connectivity index (χ2v) is 8.95. The molecule has 2 heteroatoms. The van der Waals surface area contributed by atoms with E-state index in [1.165, 1.54) is 0 Å². The van der Waals surface area contributed by atoms with E-state index in [0.717, 1.165) is 11.1 Å². The fourth-order valence-corrected chi connectivity index (χ4v) is 4.13. The van der Waals surface area contributed by atoms with Crippen LogP contribution in [0.1, 0.15) is 45.7 Å². The van der Waals surface area contributed by atoms with Crippen LogP contribution in [0.15, 0.2) is 132 Å². The predicted octanol–water partition coefficient (Wildman–Crippen LogP) is 7.95. The Morgan fingerprint density at radius 2 is 0.771 bits per heavy atom. The molecule has 0 fully saturated rings. The minimum Gasteiger partial charge on any atom is -0.289 e. The van der Waals surface area contributed by atoms with Crippen molar-refractivity contribution < 1.29 is 9.59 Å². The summed E-state index contributed by atoms with van der Waals surface area (Å²) in [5, 5.41) is 0. The number of hydrogen-bond acceptors (Lipinski definition) is 2. The van der Waals surface area contributed by atoms with Crippen molar-refractivity contribution in [3.8, 4) is 0 Å². The maximum Gasteiger partial charge on any atom is 0.189 e. The minimum atomic E-state index is -0.883. The van der Waals surface area contributed by atoms with E-state index in [1.54, 1.807) is 0 Å². The number of rotatable bonds is 8. The molecule has 35 heavy (non-hydrogen) atoms. The third kappa shape index (κ3) is 5.62. The molecule has 0 N–H and O–H groups in total. The molecule has 2 nitrogen and oxygen atoms in total. The van der Waals surface area contributed by atoms with Gasteiger partial charge in [0.1, 0.15) is 0 Å². The summed E-state index contributed by atoms with van der Waals surface area (Å²) in [7, 11) is 0. The highest BCUT2D eigenvalue weighted by Crippen LogP contribution is 2.40. The first-order chi connectivity index (χ1) is 17.0. The van der Waals surface area contributed by atoms with E-state index in [0.29, 0.717) is 22.3 Å². The summed E-state index contributed by atoms with van der Waals surface area (Å²) in [4.78, 5) is 27.8. The summed E-state index contributed by atoms with van der Waals surface area (Å²) >= 11 is 0. The Hall–Kier alpha value is -4.30. The second kappa shape index (κ2) is 10.8. The molecular formula is C33H28O2. The van der Waals surface area contributed by atoms with Gasteiger partial charge in [-0.15, -0.1) is 0 Å². The summed E-state index contributed by atoms with van der Waals surface area (Å²) in [6, 6.07) is 38.0. The van der Waals surface area contributed by atoms with Crippen LogP contribution in [0.5, 0.6) is 0 Å². The molecule has 0 unspecified atom stereocenters. The maximum atomic E-state index is 13.9. The Balaban J connectivity index is 1.91. The molecule has 0 aliphatic rings. The highest BCUT2D eigenvalue weighted by Gasteiger charge is 2.36. The average molecular weight is 457 g/mol. The third-order valence-electron chi connectivity index (χ3n) is 6.13. The number of carbonyl (C=O) groups excluding carboxylic acids is 2. The zero-order chi connectivity index (χ0) is 24.7. The van der Waals surface area contributed by atoms with Crippen molar-refractivity contribution in [3.05, 3.63) is 155 Å². The number of hydrogen-bond donors (Lipinski definition) is 0. The largest absolute Gasteiger partial charge is 0.289 e. The molecule has 0 aliphatic heterocycles. The molecule has 172 valence electrons. The fourth-order valence-electron chi connectivity index (χ4n) is 4.13. The van der Waals surface area contributed by atoms with Crippen LogP contribution in [0.3, 0.4) is 0 Å². The van der Waals surface area contributed by atoms with Crippen LogP contribution in [0.2, 0.25) is 0 Å². The quantitative estimate of drug-likeness (QED) is 0.199. The first-order valence-corrected chi connectivity index (χ1v) is 11.7. The highest BCUT2D eigenvalue weighted by molar-refractivity contribution is 6.17. The summed E-state index contributed by atoms with van der Waals surface area (Å²) in [6.45, 7) is 3.91. The van der Waals surface area contributed by atoms with Crippen LogP contribution in [0.4, 0.5) is 0 Å². The van der Waals surface area contributed by atoms with Gasteiger partial charge in [0.05, 0.1) is 0 Å². The number of ketones is 2. The molecule has 0 bridgehead atoms. The van der Waals surface area contributed by atoms with E-state index in [2.05, 4.69) is 0 Å². The van der Waals surface area contributed by atoms with Crippen molar-refractivity contribution in [3.63, 3.8) is 0 Å². The standard InChI is InChI=1S/C33H28O2/c1-33(2,29(23-25-15-7-3-8-16-25)31(34)27-19-11-5-12-20-27)30(24-26-17-9-4-10-18-26)32(35)28-21-13-6-14-22-28/h3-24H,1-2H3/b29-23+,30-24+. The lowest BCUT2D eigenvalue weighted by molar-refractivity contribution is 0.0994. The Bertz CT molecular complexity index is 1240. The van der Waals surface area contributed by atoms with Crippen molar-refractivity contribution in [2.75, 3.05) is 0 Å². The minimum absolute atomic E-state index is 0.0979. The van der Waals surface area contributed by atoms with Gasteiger partial charge in [-0.1, -0.05) is 135 Å². The number of carbonyl (C=O) groups is 2. The van der Waals surface area contributed by atoms with E-state index in [4.69, 9.17) is 0 Å². The Labute approximate surface area is 207 Å². The normalized spacial score (nSPS) is 12.3. The van der Waals surface area contributed by atoms with Gasteiger partial charge in [0, 0.05) is 27.7 Å². The molecule has 0 heterocycles. The van der Waals surface area contributed by atoms with Crippen LogP contribution in [-0.2, 0) is 0 Å². The van der Waals surface area contributed by atoms with Crippen LogP contribution < -0.4 is 0 Å². The van der Waals surface area contributed by atoms with Gasteiger partial charge in [-0.05, 0) is 23.3 Å². The SMILES string of the molecule is CC(C)(/C(=C/c1ccccc1)C(=O)c1ccccc1)/C(=C/c1ccccc1)C(=O)c1ccccc1. The van der Waals surface area contributed by atoms with Crippen molar-refractivity contribution in [1.82, 2.24) is 0 Å². The number of allylic oxidation sites excluding steroid dienone is 2. The van der Waals surface area contributed by atoms with E-state index in [-0.39, 0.29) is 11.6 Å². The Kier molecular flexibility index (Phi) is 7.32. The van der Waals surface area contributed by atoms with Gasteiger partial charge in [0.25, 0.3) is 0 Å². The van der Waals surface area contributed by atoms with E-state index >= 15 is 0 Å². The van der Waals surface area contributed by atoms with Gasteiger partial charge in [-0.3, -0.25) is 9.59 Å². The van der Waals surface area contributed by atoms with E-state index < -0.39 is 5.41 Å². The predicted molar refractivity (Wildman–Crippen MR) is 144 cm³/mol. The molecule has 0 atom stereocenters. The summed E-state index contributed by atoms with van der Waals surface area (Å²) in [5.74, 6) is -0.196. The Morgan fingerprint density at radius 1 is 0.486 bits per heavy atom. The molecule has 4 rings (SSSR count). The van der Waals surface area contributed by atoms with Crippen molar-refractivity contribution in [2.45, 2.75) is 13.8 Å². The molecule has 0 aliphatic carbocycles. The zero-order valence-electron chi connectivity index (χ0n) is 20.0. The smallest absolute Gasteiger partial charge is 0.189 e. The Morgan fingerprint density at radius 3 is 1.09 bits per heavy atom. The summed E-state index contributed by atoms with van der Waals surface area (Å²) in [5.41, 5.74) is 3.23. The van der Waals surface area contributed by atoms with Crippen LogP contribution in [-0.4, -0.2) is 11.6 Å². The molecule has 0 spiro atoms. The fraction of sp³-hybridized carbons (Fsp3) is 0.0909. The third-order valence-corrected chi connectivity index (χ3v) is 6.13. The first kappa shape index (κ1) is 23.8. The first-order valence-electron chi connectivity index (χ1n) is 11.7. The topological polar surface area (TPSA) is 34.1 Å². The monoisotopic (exact) mass is 456 g/mol. The van der Waals surface area contributed by atoms with Gasteiger partial charge in [0.15, 0.2) is 11.6 Å². The lowest BCUT2D eigenvalue weighted by Crippen LogP contribution is -2.28. The highest BCUT2D eigenvalue weighted by atomic mass is 16.1. The van der Waals surface area contributed by atoms with Gasteiger partial charge in [-0.25, -0.2) is 0 Å². The lowest BCUT2D eigenvalue weighted by atomic mass is 9.71. The van der Waals surface area contributed by atoms with Gasteiger partial charge < -0.3 is 0 Å². The molecule has 4 aromatic carbocycles. The van der Waals surface area contributed by atoms with Crippen LogP contribution in [0, 0.1) is 5.41 Å². The van der Waals surface area contributed by atoms with E-state index in [9.17, 15) is 9.59 Å². The zero-order valence-corrected chi connectivity index (χ0v) is 20.0. The van der Waals surface area contributed by atoms with Crippen molar-refractivity contribution in [2.24, 2.45) is 5.41 Å². The van der Waals surface area contributed by atoms with Crippen LogP contribution >= 0.6 is 0 Å². The van der Waals surface area contributed by atoms with Crippen molar-refractivity contribution >= 4 is 23.7 Å². The number of Topliss-reactive ketones (excluding diaryl/α,β-unsaturated/α-hetero) is 2. The molecular weight excluding hydrogens is 428 g/mol. The second-order valence-electron chi connectivity index (χ2n) is 8.95.